The van der Waals surface area contributed by atoms with Crippen LogP contribution in [-0.2, 0) is 4.74 Å². The Kier molecular flexibility index (Phi) is 5.45. The van der Waals surface area contributed by atoms with Crippen molar-refractivity contribution in [1.82, 2.24) is 4.90 Å². The van der Waals surface area contributed by atoms with Gasteiger partial charge in [-0.3, -0.25) is 4.79 Å². The molecule has 1 amide bonds. The normalized spacial score (nSPS) is 21.6. The average molecular weight is 317 g/mol. The molecule has 0 N–H and O–H groups in total. The second kappa shape index (κ2) is 7.16. The van der Waals surface area contributed by atoms with Crippen molar-refractivity contribution in [2.24, 2.45) is 5.92 Å². The number of rotatable bonds is 3. The van der Waals surface area contributed by atoms with Crippen LogP contribution >= 0.6 is 0 Å². The molecule has 1 aliphatic rings. The van der Waals surface area contributed by atoms with E-state index in [-0.39, 0.29) is 23.8 Å². The highest BCUT2D eigenvalue weighted by Gasteiger charge is 2.31. The van der Waals surface area contributed by atoms with Crippen LogP contribution in [0.4, 0.5) is 4.79 Å². The largest absolute Gasteiger partial charge is 0.444 e. The maximum absolute atomic E-state index is 12.5. The van der Waals surface area contributed by atoms with Gasteiger partial charge in [0.1, 0.15) is 5.60 Å². The maximum atomic E-state index is 12.5. The first kappa shape index (κ1) is 17.5. The van der Waals surface area contributed by atoms with Gasteiger partial charge in [-0.15, -0.1) is 0 Å². The van der Waals surface area contributed by atoms with Crippen LogP contribution in [0.2, 0.25) is 0 Å². The quantitative estimate of drug-likeness (QED) is 0.781. The molecular formula is C19H27NO3. The van der Waals surface area contributed by atoms with E-state index < -0.39 is 5.60 Å². The summed E-state index contributed by atoms with van der Waals surface area (Å²) in [6, 6.07) is 9.63. The first-order chi connectivity index (χ1) is 10.8. The molecule has 23 heavy (non-hydrogen) atoms. The molecule has 1 aromatic carbocycles. The fourth-order valence-corrected chi connectivity index (χ4v) is 3.05. The van der Waals surface area contributed by atoms with Gasteiger partial charge in [0.05, 0.1) is 0 Å². The molecule has 0 spiro atoms. The fourth-order valence-electron chi connectivity index (χ4n) is 3.05. The lowest BCUT2D eigenvalue weighted by Crippen LogP contribution is -2.43. The molecule has 1 saturated carbocycles. The molecule has 0 atom stereocenters. The molecule has 1 fully saturated rings. The summed E-state index contributed by atoms with van der Waals surface area (Å²) in [6.45, 7) is 5.61. The fraction of sp³-hybridized carbons (Fsp3) is 0.579. The third-order valence-corrected chi connectivity index (χ3v) is 4.36. The Hall–Kier alpha value is -1.84. The number of carbonyl (C=O) groups is 2. The number of Topliss-reactive ketones (excluding diaryl/α,β-unsaturated/α-hetero) is 1. The van der Waals surface area contributed by atoms with Gasteiger partial charge in [0.25, 0.3) is 0 Å². The van der Waals surface area contributed by atoms with Gasteiger partial charge in [-0.2, -0.15) is 0 Å². The SMILES string of the molecule is CN(C(=O)OC(C)(C)C)C1CCC(C(=O)c2ccccc2)CC1. The molecule has 126 valence electrons. The molecule has 0 unspecified atom stereocenters. The molecule has 0 heterocycles. The third kappa shape index (κ3) is 4.81. The van der Waals surface area contributed by atoms with Crippen LogP contribution in [-0.4, -0.2) is 35.5 Å². The molecule has 0 saturated heterocycles. The first-order valence-corrected chi connectivity index (χ1v) is 8.33. The van der Waals surface area contributed by atoms with Crippen LogP contribution in [0, 0.1) is 5.92 Å². The van der Waals surface area contributed by atoms with Crippen molar-refractivity contribution in [2.75, 3.05) is 7.05 Å². The van der Waals surface area contributed by atoms with Crippen LogP contribution in [0.5, 0.6) is 0 Å². The molecule has 0 aliphatic heterocycles. The second-order valence-corrected chi connectivity index (χ2v) is 7.33. The Morgan fingerprint density at radius 2 is 1.61 bits per heavy atom. The van der Waals surface area contributed by atoms with Gasteiger partial charge in [0.15, 0.2) is 5.78 Å². The first-order valence-electron chi connectivity index (χ1n) is 8.33. The maximum Gasteiger partial charge on any atom is 0.410 e. The van der Waals surface area contributed by atoms with E-state index in [2.05, 4.69) is 0 Å². The zero-order chi connectivity index (χ0) is 17.0. The van der Waals surface area contributed by atoms with Crippen LogP contribution < -0.4 is 0 Å². The van der Waals surface area contributed by atoms with Gasteiger partial charge in [-0.05, 0) is 46.5 Å². The standard InChI is InChI=1S/C19H27NO3/c1-19(2,3)23-18(22)20(4)16-12-10-15(11-13-16)17(21)14-8-6-5-7-9-14/h5-9,15-16H,10-13H2,1-4H3. The van der Waals surface area contributed by atoms with E-state index in [4.69, 9.17) is 4.74 Å². The van der Waals surface area contributed by atoms with Gasteiger partial charge >= 0.3 is 6.09 Å². The van der Waals surface area contributed by atoms with Crippen molar-refractivity contribution in [2.45, 2.75) is 58.1 Å². The Balaban J connectivity index is 1.88. The summed E-state index contributed by atoms with van der Waals surface area (Å²) in [5.74, 6) is 0.296. The van der Waals surface area contributed by atoms with Crippen molar-refractivity contribution in [3.05, 3.63) is 35.9 Å². The highest BCUT2D eigenvalue weighted by Crippen LogP contribution is 2.30. The van der Waals surface area contributed by atoms with E-state index in [0.717, 1.165) is 31.2 Å². The van der Waals surface area contributed by atoms with E-state index in [0.29, 0.717) is 0 Å². The molecule has 2 rings (SSSR count). The van der Waals surface area contributed by atoms with Crippen molar-refractivity contribution in [3.63, 3.8) is 0 Å². The number of ether oxygens (including phenoxy) is 1. The predicted octanol–water partition coefficient (Wildman–Crippen LogP) is 4.30. The molecule has 0 bridgehead atoms. The van der Waals surface area contributed by atoms with Gasteiger partial charge < -0.3 is 9.64 Å². The van der Waals surface area contributed by atoms with E-state index in [1.165, 1.54) is 0 Å². The average Bonchev–Trinajstić information content (AvgIpc) is 2.53. The summed E-state index contributed by atoms with van der Waals surface area (Å²) in [6.07, 6.45) is 3.06. The Morgan fingerprint density at radius 3 is 2.13 bits per heavy atom. The summed E-state index contributed by atoms with van der Waals surface area (Å²) >= 11 is 0. The third-order valence-electron chi connectivity index (χ3n) is 4.36. The zero-order valence-electron chi connectivity index (χ0n) is 14.5. The summed E-state index contributed by atoms with van der Waals surface area (Å²) in [5.41, 5.74) is 0.308. The summed E-state index contributed by atoms with van der Waals surface area (Å²) in [7, 11) is 1.79. The number of nitrogens with zero attached hydrogens (tertiary/aromatic N) is 1. The van der Waals surface area contributed by atoms with Crippen LogP contribution in [0.25, 0.3) is 0 Å². The van der Waals surface area contributed by atoms with Crippen LogP contribution in [0.1, 0.15) is 56.8 Å². The van der Waals surface area contributed by atoms with Crippen molar-refractivity contribution in [1.29, 1.82) is 0 Å². The molecule has 1 aromatic rings. The van der Waals surface area contributed by atoms with E-state index in [1.54, 1.807) is 11.9 Å². The highest BCUT2D eigenvalue weighted by molar-refractivity contribution is 5.97. The minimum Gasteiger partial charge on any atom is -0.444 e. The van der Waals surface area contributed by atoms with Gasteiger partial charge in [-0.1, -0.05) is 30.3 Å². The Bertz CT molecular complexity index is 539. The Morgan fingerprint density at radius 1 is 1.04 bits per heavy atom. The molecule has 0 aromatic heterocycles. The number of amides is 1. The van der Waals surface area contributed by atoms with Crippen LogP contribution in [0.15, 0.2) is 30.3 Å². The minimum atomic E-state index is -0.480. The minimum absolute atomic E-state index is 0.0701. The van der Waals surface area contributed by atoms with Crippen LogP contribution in [0.3, 0.4) is 0 Å². The topological polar surface area (TPSA) is 46.6 Å². The number of carbonyl (C=O) groups excluding carboxylic acids is 2. The van der Waals surface area contributed by atoms with Gasteiger partial charge in [-0.25, -0.2) is 4.79 Å². The van der Waals surface area contributed by atoms with Gasteiger partial charge in [0.2, 0.25) is 0 Å². The molecule has 4 nitrogen and oxygen atoms in total. The van der Waals surface area contributed by atoms with E-state index >= 15 is 0 Å². The predicted molar refractivity (Wildman–Crippen MR) is 90.5 cm³/mol. The monoisotopic (exact) mass is 317 g/mol. The zero-order valence-corrected chi connectivity index (χ0v) is 14.5. The summed E-state index contributed by atoms with van der Waals surface area (Å²) in [5, 5.41) is 0. The van der Waals surface area contributed by atoms with Gasteiger partial charge in [0, 0.05) is 24.6 Å². The number of hydrogen-bond acceptors (Lipinski definition) is 3. The molecule has 0 radical (unpaired) electrons. The molecular weight excluding hydrogens is 290 g/mol. The number of ketones is 1. The lowest BCUT2D eigenvalue weighted by Gasteiger charge is -2.35. The van der Waals surface area contributed by atoms with Crippen molar-refractivity contribution in [3.8, 4) is 0 Å². The van der Waals surface area contributed by atoms with E-state index in [1.807, 2.05) is 51.1 Å². The lowest BCUT2D eigenvalue weighted by molar-refractivity contribution is 0.0175. The second-order valence-electron chi connectivity index (χ2n) is 7.33. The molecule has 1 aliphatic carbocycles. The summed E-state index contributed by atoms with van der Waals surface area (Å²) in [4.78, 5) is 26.3. The molecule has 4 heteroatoms. The lowest BCUT2D eigenvalue weighted by atomic mass is 9.81. The smallest absolute Gasteiger partial charge is 0.410 e. The van der Waals surface area contributed by atoms with E-state index in [9.17, 15) is 9.59 Å². The summed E-state index contributed by atoms with van der Waals surface area (Å²) < 4.78 is 5.42. The number of hydrogen-bond donors (Lipinski definition) is 0. The Labute approximate surface area is 138 Å². The number of benzene rings is 1. The van der Waals surface area contributed by atoms with Crippen molar-refractivity contribution < 1.29 is 14.3 Å². The highest BCUT2D eigenvalue weighted by atomic mass is 16.6. The van der Waals surface area contributed by atoms with Crippen molar-refractivity contribution >= 4 is 11.9 Å².